The van der Waals surface area contributed by atoms with E-state index in [2.05, 4.69) is 0 Å². The number of aromatic nitrogens is 1. The molecule has 1 aromatic heterocycles. The van der Waals surface area contributed by atoms with Crippen LogP contribution in [0, 0.1) is 5.92 Å². The van der Waals surface area contributed by atoms with Gasteiger partial charge in [0.1, 0.15) is 18.0 Å². The molecule has 4 aromatic rings. The van der Waals surface area contributed by atoms with E-state index in [0.29, 0.717) is 28.3 Å². The Morgan fingerprint density at radius 2 is 1.61 bits per heavy atom. The lowest BCUT2D eigenvalue weighted by Gasteiger charge is -2.44. The second kappa shape index (κ2) is 14.1. The third-order valence-electron chi connectivity index (χ3n) is 8.01. The summed E-state index contributed by atoms with van der Waals surface area (Å²) in [5.41, 5.74) is 2.77. The Labute approximate surface area is 256 Å². The number of hydrogen-bond acceptors (Lipinski definition) is 8. The largest absolute Gasteiger partial charge is 0.497 e. The summed E-state index contributed by atoms with van der Waals surface area (Å²) in [6, 6.07) is 27.6. The highest BCUT2D eigenvalue weighted by molar-refractivity contribution is 6.00. The van der Waals surface area contributed by atoms with Gasteiger partial charge in [-0.2, -0.15) is 0 Å². The van der Waals surface area contributed by atoms with Crippen molar-refractivity contribution in [1.29, 1.82) is 0 Å². The topological polar surface area (TPSA) is 116 Å². The van der Waals surface area contributed by atoms with Crippen LogP contribution in [0.5, 0.6) is 5.75 Å². The predicted octanol–water partition coefficient (Wildman–Crippen LogP) is 4.18. The van der Waals surface area contributed by atoms with E-state index >= 15 is 0 Å². The molecule has 1 aliphatic heterocycles. The van der Waals surface area contributed by atoms with Crippen LogP contribution in [0.25, 0.3) is 16.8 Å². The van der Waals surface area contributed by atoms with Gasteiger partial charge in [-0.25, -0.2) is 0 Å². The number of ether oxygens (including phenoxy) is 4. The number of aliphatic hydroxyl groups excluding tert-OH is 2. The predicted molar refractivity (Wildman–Crippen MR) is 165 cm³/mol. The second-order valence-corrected chi connectivity index (χ2v) is 10.8. The minimum atomic E-state index is -1.15. The highest BCUT2D eigenvalue weighted by Gasteiger charge is 2.46. The number of methoxy groups -OCH3 is 2. The van der Waals surface area contributed by atoms with Gasteiger partial charge >= 0.3 is 0 Å². The van der Waals surface area contributed by atoms with Gasteiger partial charge in [-0.05, 0) is 60.4 Å². The zero-order chi connectivity index (χ0) is 31.2. The van der Waals surface area contributed by atoms with Crippen molar-refractivity contribution in [3.63, 3.8) is 0 Å². The number of benzene rings is 3. The summed E-state index contributed by atoms with van der Waals surface area (Å²) in [4.78, 5) is 27.2. The molecule has 9 heteroatoms. The van der Waals surface area contributed by atoms with Crippen molar-refractivity contribution in [1.82, 2.24) is 4.57 Å². The summed E-state index contributed by atoms with van der Waals surface area (Å²) in [5.74, 6) is -0.415. The van der Waals surface area contributed by atoms with Gasteiger partial charge in [0.05, 0.1) is 32.0 Å². The molecule has 0 spiro atoms. The molecule has 0 unspecified atom stereocenters. The number of rotatable bonds is 11. The zero-order valence-corrected chi connectivity index (χ0v) is 25.0. The van der Waals surface area contributed by atoms with Crippen LogP contribution >= 0.6 is 0 Å². The molecule has 2 N–H and O–H groups in total. The Balaban J connectivity index is 1.67. The fraction of sp³-hybridized carbons (Fsp3) is 0.314. The summed E-state index contributed by atoms with van der Waals surface area (Å²) in [5, 5.41) is 21.6. The molecule has 0 aliphatic carbocycles. The molecule has 5 rings (SSSR count). The summed E-state index contributed by atoms with van der Waals surface area (Å²) in [7, 11) is 3.04. The number of hydrogen-bond donors (Lipinski definition) is 2. The molecule has 2 heterocycles. The first-order valence-corrected chi connectivity index (χ1v) is 14.5. The molecule has 0 radical (unpaired) electrons. The van der Waals surface area contributed by atoms with Crippen LogP contribution in [0.15, 0.2) is 95.8 Å². The Morgan fingerprint density at radius 1 is 0.955 bits per heavy atom. The number of carbonyl (C=O) groups excluding carboxylic acids is 1. The number of aliphatic hydroxyl groups is 2. The second-order valence-electron chi connectivity index (χ2n) is 10.8. The van der Waals surface area contributed by atoms with Crippen LogP contribution in [0.4, 0.5) is 0 Å². The molecular weight excluding hydrogens is 562 g/mol. The lowest BCUT2D eigenvalue weighted by atomic mass is 9.84. The quantitative estimate of drug-likeness (QED) is 0.247. The molecule has 5 atom stereocenters. The van der Waals surface area contributed by atoms with Crippen molar-refractivity contribution >= 4 is 5.78 Å². The zero-order valence-electron chi connectivity index (χ0n) is 25.0. The molecule has 44 heavy (non-hydrogen) atoms. The summed E-state index contributed by atoms with van der Waals surface area (Å²) < 4.78 is 24.7. The Bertz CT molecular complexity index is 1600. The maximum atomic E-state index is 14.3. The first-order chi connectivity index (χ1) is 21.4. The van der Waals surface area contributed by atoms with Gasteiger partial charge in [-0.3, -0.25) is 14.2 Å². The summed E-state index contributed by atoms with van der Waals surface area (Å²) in [6.07, 6.45) is -3.60. The fourth-order valence-corrected chi connectivity index (χ4v) is 5.80. The van der Waals surface area contributed by atoms with E-state index in [0.717, 1.165) is 5.56 Å². The maximum absolute atomic E-state index is 14.3. The van der Waals surface area contributed by atoms with Gasteiger partial charge in [0, 0.05) is 24.4 Å². The number of ketones is 1. The van der Waals surface area contributed by atoms with Crippen molar-refractivity contribution in [2.75, 3.05) is 20.8 Å². The normalized spacial score (nSPS) is 21.6. The molecule has 0 saturated carbocycles. The van der Waals surface area contributed by atoms with Crippen LogP contribution in [-0.2, 0) is 27.2 Å². The first-order valence-electron chi connectivity index (χ1n) is 14.5. The molecule has 0 amide bonds. The van der Waals surface area contributed by atoms with Gasteiger partial charge in [-0.1, -0.05) is 60.7 Å². The number of carbonyl (C=O) groups is 1. The van der Waals surface area contributed by atoms with E-state index in [9.17, 15) is 19.8 Å². The van der Waals surface area contributed by atoms with Gasteiger partial charge in [0.15, 0.2) is 12.1 Å². The van der Waals surface area contributed by atoms with Crippen molar-refractivity contribution in [2.24, 2.45) is 5.92 Å². The van der Waals surface area contributed by atoms with Gasteiger partial charge in [0.2, 0.25) is 0 Å². The smallest absolute Gasteiger partial charge is 0.266 e. The van der Waals surface area contributed by atoms with Gasteiger partial charge in [0.25, 0.3) is 5.56 Å². The van der Waals surface area contributed by atoms with Crippen LogP contribution in [-0.4, -0.2) is 66.0 Å². The molecule has 1 saturated heterocycles. The van der Waals surface area contributed by atoms with Crippen molar-refractivity contribution < 1.29 is 34.0 Å². The molecule has 0 bridgehead atoms. The monoisotopic (exact) mass is 599 g/mol. The lowest BCUT2D eigenvalue weighted by Crippen LogP contribution is -2.57. The molecule has 3 aromatic carbocycles. The van der Waals surface area contributed by atoms with E-state index in [-0.39, 0.29) is 24.4 Å². The van der Waals surface area contributed by atoms with E-state index < -0.39 is 42.7 Å². The Kier molecular flexibility index (Phi) is 10.0. The maximum Gasteiger partial charge on any atom is 0.266 e. The van der Waals surface area contributed by atoms with Gasteiger partial charge < -0.3 is 29.2 Å². The molecule has 1 aliphatic rings. The fourth-order valence-electron chi connectivity index (χ4n) is 5.80. The molecule has 1 fully saturated rings. The first kappa shape index (κ1) is 31.3. The van der Waals surface area contributed by atoms with Crippen LogP contribution in [0.2, 0.25) is 0 Å². The third kappa shape index (κ3) is 6.52. The molecule has 9 nitrogen and oxygen atoms in total. The third-order valence-corrected chi connectivity index (χ3v) is 8.01. The highest BCUT2D eigenvalue weighted by Crippen LogP contribution is 2.34. The Morgan fingerprint density at radius 3 is 2.20 bits per heavy atom. The van der Waals surface area contributed by atoms with E-state index in [4.69, 9.17) is 18.9 Å². The van der Waals surface area contributed by atoms with E-state index in [1.54, 1.807) is 31.4 Å². The van der Waals surface area contributed by atoms with Crippen LogP contribution in [0.3, 0.4) is 0 Å². The van der Waals surface area contributed by atoms with E-state index in [1.807, 2.05) is 66.7 Å². The van der Waals surface area contributed by atoms with Crippen LogP contribution < -0.4 is 10.3 Å². The standard InChI is InChI=1S/C35H37NO8/c1-22(38)31-28(24-12-8-5-9-13-24)18-26(36(34(31)40)25-14-16-27(41-2)17-15-25)19-29-32(39)30(20-37)44-35(42-3)33(29)43-21-23-10-6-4-7-11-23/h4-18,29-30,32-33,35,37,39H,19-21H2,1-3H3/t29-,30-,32+,33+,35+/m1/s1. The number of nitrogens with zero attached hydrogens (tertiary/aromatic N) is 1. The minimum Gasteiger partial charge on any atom is -0.497 e. The average molecular weight is 600 g/mol. The number of Topliss-reactive ketones (excluding diaryl/α,β-unsaturated/α-hetero) is 1. The lowest BCUT2D eigenvalue weighted by molar-refractivity contribution is -0.294. The van der Waals surface area contributed by atoms with Crippen molar-refractivity contribution in [3.05, 3.63) is 118 Å². The number of pyridine rings is 1. The van der Waals surface area contributed by atoms with Crippen LogP contribution in [0.1, 0.15) is 28.5 Å². The van der Waals surface area contributed by atoms with Gasteiger partial charge in [-0.15, -0.1) is 0 Å². The summed E-state index contributed by atoms with van der Waals surface area (Å²) >= 11 is 0. The molecule has 230 valence electrons. The van der Waals surface area contributed by atoms with Crippen molar-refractivity contribution in [2.45, 2.75) is 44.6 Å². The van der Waals surface area contributed by atoms with Crippen molar-refractivity contribution in [3.8, 4) is 22.6 Å². The summed E-state index contributed by atoms with van der Waals surface area (Å²) in [6.45, 7) is 1.17. The highest BCUT2D eigenvalue weighted by atomic mass is 16.7. The molecular formula is C35H37NO8. The SMILES string of the molecule is COc1ccc(-n2c(C[C@@H]3[C@H](O)[C@@H](CO)O[C@H](OC)[C@H]3OCc3ccccc3)cc(-c3ccccc3)c(C(C)=O)c2=O)cc1. The average Bonchev–Trinajstić information content (AvgIpc) is 3.05. The Hall–Kier alpha value is -4.12. The minimum absolute atomic E-state index is 0.0585. The van der Waals surface area contributed by atoms with E-state index in [1.165, 1.54) is 18.6 Å².